The highest BCUT2D eigenvalue weighted by Gasteiger charge is 2.25. The highest BCUT2D eigenvalue weighted by atomic mass is 16.5. The lowest BCUT2D eigenvalue weighted by Gasteiger charge is -2.13. The summed E-state index contributed by atoms with van der Waals surface area (Å²) < 4.78 is 5.06. The maximum absolute atomic E-state index is 11.8. The number of amides is 2. The molecule has 0 heterocycles. The van der Waals surface area contributed by atoms with E-state index in [1.54, 1.807) is 43.5 Å². The molecule has 0 aliphatic heterocycles. The molecule has 2 amide bonds. The molecular weight excluding hydrogens is 260 g/mol. The zero-order valence-corrected chi connectivity index (χ0v) is 11.0. The van der Waals surface area contributed by atoms with Crippen molar-refractivity contribution in [2.75, 3.05) is 12.4 Å². The highest BCUT2D eigenvalue weighted by Crippen LogP contribution is 2.19. The number of rotatable bonds is 4. The Hall–Kier alpha value is -2.50. The summed E-state index contributed by atoms with van der Waals surface area (Å²) in [6.45, 7) is 0. The van der Waals surface area contributed by atoms with E-state index in [2.05, 4.69) is 10.6 Å². The number of hydrogen-bond acceptors (Lipinski definition) is 3. The van der Waals surface area contributed by atoms with Gasteiger partial charge in [-0.05, 0) is 18.6 Å². The fourth-order valence-corrected chi connectivity index (χ4v) is 2.03. The molecule has 2 rings (SSSR count). The molecule has 0 aromatic heterocycles. The molecule has 6 nitrogen and oxygen atoms in total. The van der Waals surface area contributed by atoms with Gasteiger partial charge >= 0.3 is 12.0 Å². The number of anilines is 1. The van der Waals surface area contributed by atoms with Gasteiger partial charge in [0.25, 0.3) is 0 Å². The van der Waals surface area contributed by atoms with E-state index in [1.807, 2.05) is 0 Å². The van der Waals surface area contributed by atoms with Crippen molar-refractivity contribution in [2.24, 2.45) is 5.92 Å². The van der Waals surface area contributed by atoms with Crippen LogP contribution in [-0.4, -0.2) is 30.3 Å². The van der Waals surface area contributed by atoms with E-state index in [0.29, 0.717) is 17.9 Å². The van der Waals surface area contributed by atoms with Crippen LogP contribution >= 0.6 is 0 Å². The summed E-state index contributed by atoms with van der Waals surface area (Å²) in [6.07, 6.45) is 3.67. The second-order valence-corrected chi connectivity index (χ2v) is 4.50. The monoisotopic (exact) mass is 276 g/mol. The van der Waals surface area contributed by atoms with Gasteiger partial charge < -0.3 is 20.5 Å². The predicted molar refractivity (Wildman–Crippen MR) is 73.8 cm³/mol. The first-order valence-corrected chi connectivity index (χ1v) is 6.21. The quantitative estimate of drug-likeness (QED) is 0.732. The van der Waals surface area contributed by atoms with E-state index in [9.17, 15) is 9.59 Å². The zero-order chi connectivity index (χ0) is 14.5. The molecule has 106 valence electrons. The number of carboxylic acid groups (broad SMARTS) is 1. The predicted octanol–water partition coefficient (Wildman–Crippen LogP) is 1.85. The lowest BCUT2D eigenvalue weighted by Crippen LogP contribution is -2.36. The summed E-state index contributed by atoms with van der Waals surface area (Å²) in [5.41, 5.74) is 0.610. The van der Waals surface area contributed by atoms with Gasteiger partial charge in [-0.3, -0.25) is 4.79 Å². The molecular formula is C14H16N2O4. The Labute approximate surface area is 116 Å². The molecule has 0 saturated carbocycles. The lowest BCUT2D eigenvalue weighted by molar-refractivity contribution is -0.140. The summed E-state index contributed by atoms with van der Waals surface area (Å²) in [5.74, 6) is -0.759. The van der Waals surface area contributed by atoms with Crippen LogP contribution in [0.5, 0.6) is 5.75 Å². The molecule has 6 heteroatoms. The van der Waals surface area contributed by atoms with Crippen LogP contribution in [0.4, 0.5) is 10.5 Å². The Balaban J connectivity index is 1.87. The molecule has 0 radical (unpaired) electrons. The van der Waals surface area contributed by atoms with Crippen molar-refractivity contribution in [3.8, 4) is 5.75 Å². The topological polar surface area (TPSA) is 87.7 Å². The van der Waals surface area contributed by atoms with Crippen LogP contribution in [0.3, 0.4) is 0 Å². The van der Waals surface area contributed by atoms with Gasteiger partial charge in [0.2, 0.25) is 0 Å². The van der Waals surface area contributed by atoms with Gasteiger partial charge in [0, 0.05) is 11.8 Å². The van der Waals surface area contributed by atoms with Crippen LogP contribution < -0.4 is 15.4 Å². The molecule has 1 aromatic rings. The molecule has 1 aliphatic carbocycles. The molecule has 20 heavy (non-hydrogen) atoms. The van der Waals surface area contributed by atoms with E-state index >= 15 is 0 Å². The molecule has 2 unspecified atom stereocenters. The Morgan fingerprint density at radius 3 is 2.80 bits per heavy atom. The third-order valence-electron chi connectivity index (χ3n) is 3.04. The zero-order valence-electron chi connectivity index (χ0n) is 11.0. The number of aliphatic carboxylic acids is 1. The largest absolute Gasteiger partial charge is 0.497 e. The molecule has 1 aliphatic rings. The third-order valence-corrected chi connectivity index (χ3v) is 3.04. The maximum atomic E-state index is 11.8. The van der Waals surface area contributed by atoms with Crippen molar-refractivity contribution in [1.82, 2.24) is 5.32 Å². The average Bonchev–Trinajstić information content (AvgIpc) is 2.87. The molecule has 0 fully saturated rings. The molecule has 2 atom stereocenters. The van der Waals surface area contributed by atoms with Crippen molar-refractivity contribution in [3.05, 3.63) is 36.4 Å². The molecule has 0 spiro atoms. The number of carboxylic acids is 1. The normalized spacial score (nSPS) is 20.4. The van der Waals surface area contributed by atoms with Gasteiger partial charge in [-0.15, -0.1) is 0 Å². The van der Waals surface area contributed by atoms with E-state index < -0.39 is 11.9 Å². The number of ether oxygens (including phenoxy) is 1. The minimum atomic E-state index is -0.876. The van der Waals surface area contributed by atoms with Crippen molar-refractivity contribution in [1.29, 1.82) is 0 Å². The van der Waals surface area contributed by atoms with Gasteiger partial charge in [-0.1, -0.05) is 18.2 Å². The number of carbonyl (C=O) groups is 2. The Morgan fingerprint density at radius 1 is 1.35 bits per heavy atom. The smallest absolute Gasteiger partial charge is 0.319 e. The molecule has 0 bridgehead atoms. The summed E-state index contributed by atoms with van der Waals surface area (Å²) in [5, 5.41) is 14.2. The number of benzene rings is 1. The average molecular weight is 276 g/mol. The van der Waals surface area contributed by atoms with E-state index in [4.69, 9.17) is 9.84 Å². The van der Waals surface area contributed by atoms with Crippen molar-refractivity contribution < 1.29 is 19.4 Å². The fraction of sp³-hybridized carbons (Fsp3) is 0.286. The van der Waals surface area contributed by atoms with Crippen molar-refractivity contribution in [2.45, 2.75) is 12.5 Å². The van der Waals surface area contributed by atoms with Crippen molar-refractivity contribution in [3.63, 3.8) is 0 Å². The highest BCUT2D eigenvalue weighted by molar-refractivity contribution is 5.90. The van der Waals surface area contributed by atoms with Crippen LogP contribution in [0.2, 0.25) is 0 Å². The van der Waals surface area contributed by atoms with Crippen LogP contribution in [-0.2, 0) is 4.79 Å². The molecule has 3 N–H and O–H groups in total. The van der Waals surface area contributed by atoms with E-state index in [0.717, 1.165) is 0 Å². The lowest BCUT2D eigenvalue weighted by atomic mass is 10.1. The number of hydrogen-bond donors (Lipinski definition) is 3. The SMILES string of the molecule is COc1cccc(NC(=O)NC2C=CC(C(=O)O)C2)c1. The first-order chi connectivity index (χ1) is 9.58. The minimum Gasteiger partial charge on any atom is -0.497 e. The first-order valence-electron chi connectivity index (χ1n) is 6.21. The van der Waals surface area contributed by atoms with E-state index in [1.165, 1.54) is 0 Å². The van der Waals surface area contributed by atoms with Crippen LogP contribution in [0, 0.1) is 5.92 Å². The summed E-state index contributed by atoms with van der Waals surface area (Å²) >= 11 is 0. The number of carbonyl (C=O) groups excluding carboxylic acids is 1. The Bertz CT molecular complexity index is 542. The number of methoxy groups -OCH3 is 1. The molecule has 1 aromatic carbocycles. The Kier molecular flexibility index (Phi) is 4.24. The minimum absolute atomic E-state index is 0.262. The first kappa shape index (κ1) is 13.9. The van der Waals surface area contributed by atoms with Gasteiger partial charge in [0.1, 0.15) is 5.75 Å². The van der Waals surface area contributed by atoms with Crippen LogP contribution in [0.15, 0.2) is 36.4 Å². The summed E-state index contributed by atoms with van der Waals surface area (Å²) in [7, 11) is 1.55. The summed E-state index contributed by atoms with van der Waals surface area (Å²) in [6, 6.07) is 6.35. The second kappa shape index (κ2) is 6.10. The van der Waals surface area contributed by atoms with E-state index in [-0.39, 0.29) is 12.1 Å². The van der Waals surface area contributed by atoms with Crippen molar-refractivity contribution >= 4 is 17.7 Å². The maximum Gasteiger partial charge on any atom is 0.319 e. The molecule has 0 saturated heterocycles. The second-order valence-electron chi connectivity index (χ2n) is 4.50. The van der Waals surface area contributed by atoms with Gasteiger partial charge in [-0.2, -0.15) is 0 Å². The van der Waals surface area contributed by atoms with Crippen LogP contribution in [0.1, 0.15) is 6.42 Å². The Morgan fingerprint density at radius 2 is 2.15 bits per heavy atom. The third kappa shape index (κ3) is 3.50. The van der Waals surface area contributed by atoms with Crippen LogP contribution in [0.25, 0.3) is 0 Å². The number of urea groups is 1. The number of nitrogens with one attached hydrogen (secondary N) is 2. The fourth-order valence-electron chi connectivity index (χ4n) is 2.03. The van der Waals surface area contributed by atoms with Gasteiger partial charge in [0.05, 0.1) is 19.1 Å². The standard InChI is InChI=1S/C14H16N2O4/c1-20-12-4-2-3-10(8-12)15-14(19)16-11-6-5-9(7-11)13(17)18/h2-6,8-9,11H,7H2,1H3,(H,17,18)(H2,15,16,19). The van der Waals surface area contributed by atoms with Gasteiger partial charge in [0.15, 0.2) is 0 Å². The summed E-state index contributed by atoms with van der Waals surface area (Å²) in [4.78, 5) is 22.6. The van der Waals surface area contributed by atoms with Gasteiger partial charge in [-0.25, -0.2) is 4.79 Å².